The highest BCUT2D eigenvalue weighted by atomic mass is 19.4. The molecule has 0 bridgehead atoms. The Balaban J connectivity index is 2.20. The molecule has 2 N–H and O–H groups in total. The van der Waals surface area contributed by atoms with Gasteiger partial charge in [0.25, 0.3) is 0 Å². The van der Waals surface area contributed by atoms with Gasteiger partial charge in [-0.05, 0) is 23.8 Å². The Bertz CT molecular complexity index is 555. The third-order valence-corrected chi connectivity index (χ3v) is 2.83. The normalized spacial score (nSPS) is 13.0. The number of nitrogens with two attached hydrogens (primary N) is 1. The van der Waals surface area contributed by atoms with Crippen molar-refractivity contribution in [3.63, 3.8) is 0 Å². The molecule has 0 unspecified atom stereocenters. The van der Waals surface area contributed by atoms with Crippen LogP contribution in [0.4, 0.5) is 13.2 Å². The van der Waals surface area contributed by atoms with Crippen LogP contribution in [0, 0.1) is 0 Å². The molecular formula is C15H14F3NO. The molecule has 0 heterocycles. The summed E-state index contributed by atoms with van der Waals surface area (Å²) in [7, 11) is 0. The van der Waals surface area contributed by atoms with Crippen LogP contribution in [0.25, 0.3) is 0 Å². The number of halogens is 3. The molecule has 0 aliphatic carbocycles. The van der Waals surface area contributed by atoms with Gasteiger partial charge in [0.2, 0.25) is 0 Å². The molecule has 2 nitrogen and oxygen atoms in total. The molecule has 0 saturated heterocycles. The van der Waals surface area contributed by atoms with E-state index in [-0.39, 0.29) is 12.3 Å². The maximum Gasteiger partial charge on any atom is 0.416 e. The topological polar surface area (TPSA) is 35.2 Å². The monoisotopic (exact) mass is 281 g/mol. The molecule has 0 aliphatic heterocycles. The molecule has 2 aromatic rings. The van der Waals surface area contributed by atoms with Crippen LogP contribution in [0.1, 0.15) is 17.2 Å². The van der Waals surface area contributed by atoms with Gasteiger partial charge in [-0.1, -0.05) is 36.4 Å². The van der Waals surface area contributed by atoms with Crippen molar-refractivity contribution in [2.75, 3.05) is 6.54 Å². The van der Waals surface area contributed by atoms with Gasteiger partial charge in [-0.3, -0.25) is 0 Å². The van der Waals surface area contributed by atoms with Crippen LogP contribution >= 0.6 is 0 Å². The van der Waals surface area contributed by atoms with Gasteiger partial charge in [0.1, 0.15) is 11.9 Å². The number of hydrogen-bond acceptors (Lipinski definition) is 2. The first-order chi connectivity index (χ1) is 9.50. The molecule has 0 spiro atoms. The first-order valence-electron chi connectivity index (χ1n) is 6.09. The quantitative estimate of drug-likeness (QED) is 0.925. The maximum absolute atomic E-state index is 12.6. The molecule has 5 heteroatoms. The summed E-state index contributed by atoms with van der Waals surface area (Å²) in [6.45, 7) is 0.181. The lowest BCUT2D eigenvalue weighted by Gasteiger charge is -2.18. The zero-order valence-electron chi connectivity index (χ0n) is 10.6. The van der Waals surface area contributed by atoms with Crippen LogP contribution in [0.5, 0.6) is 5.75 Å². The van der Waals surface area contributed by atoms with E-state index in [9.17, 15) is 13.2 Å². The predicted octanol–water partition coefficient (Wildman–Crippen LogP) is 3.78. The molecule has 0 aliphatic rings. The lowest BCUT2D eigenvalue weighted by Crippen LogP contribution is -2.18. The third kappa shape index (κ3) is 3.51. The standard InChI is InChI=1S/C15H14F3NO/c16-15(17,18)12-7-4-8-13(9-12)20-14(10-19)11-5-2-1-3-6-11/h1-9,14H,10,19H2/t14-/m1/s1. The molecule has 1 atom stereocenters. The van der Waals surface area contributed by atoms with Gasteiger partial charge in [0.15, 0.2) is 0 Å². The summed E-state index contributed by atoms with van der Waals surface area (Å²) < 4.78 is 43.5. The molecule has 0 amide bonds. The van der Waals surface area contributed by atoms with Gasteiger partial charge in [-0.2, -0.15) is 13.2 Å². The molecule has 20 heavy (non-hydrogen) atoms. The maximum atomic E-state index is 12.6. The van der Waals surface area contributed by atoms with Crippen molar-refractivity contribution < 1.29 is 17.9 Å². The van der Waals surface area contributed by atoms with Crippen molar-refractivity contribution in [2.45, 2.75) is 12.3 Å². The molecule has 0 radical (unpaired) electrons. The molecule has 106 valence electrons. The lowest BCUT2D eigenvalue weighted by molar-refractivity contribution is -0.137. The first kappa shape index (κ1) is 14.4. The first-order valence-corrected chi connectivity index (χ1v) is 6.09. The zero-order chi connectivity index (χ0) is 14.6. The van der Waals surface area contributed by atoms with Gasteiger partial charge in [-0.25, -0.2) is 0 Å². The van der Waals surface area contributed by atoms with E-state index in [2.05, 4.69) is 0 Å². The van der Waals surface area contributed by atoms with Gasteiger partial charge in [0.05, 0.1) is 5.56 Å². The van der Waals surface area contributed by atoms with Crippen LogP contribution in [-0.4, -0.2) is 6.54 Å². The average Bonchev–Trinajstić information content (AvgIpc) is 2.45. The van der Waals surface area contributed by atoms with E-state index < -0.39 is 17.8 Å². The van der Waals surface area contributed by atoms with E-state index >= 15 is 0 Å². The number of alkyl halides is 3. The summed E-state index contributed by atoms with van der Waals surface area (Å²) >= 11 is 0. The van der Waals surface area contributed by atoms with Gasteiger partial charge in [-0.15, -0.1) is 0 Å². The Morgan fingerprint density at radius 1 is 1.00 bits per heavy atom. The highest BCUT2D eigenvalue weighted by Crippen LogP contribution is 2.32. The van der Waals surface area contributed by atoms with Crippen molar-refractivity contribution in [1.29, 1.82) is 0 Å². The zero-order valence-corrected chi connectivity index (χ0v) is 10.6. The Kier molecular flexibility index (Phi) is 4.29. The minimum Gasteiger partial charge on any atom is -0.484 e. The minimum atomic E-state index is -4.38. The summed E-state index contributed by atoms with van der Waals surface area (Å²) in [4.78, 5) is 0. The number of rotatable bonds is 4. The van der Waals surface area contributed by atoms with E-state index in [1.165, 1.54) is 12.1 Å². The molecule has 2 aromatic carbocycles. The molecule has 0 aromatic heterocycles. The molecule has 2 rings (SSSR count). The fourth-order valence-corrected chi connectivity index (χ4v) is 1.83. The van der Waals surface area contributed by atoms with Gasteiger partial charge in [0, 0.05) is 6.54 Å². The van der Waals surface area contributed by atoms with Crippen molar-refractivity contribution in [2.24, 2.45) is 5.73 Å². The van der Waals surface area contributed by atoms with E-state index in [4.69, 9.17) is 10.5 Å². The SMILES string of the molecule is NC[C@@H](Oc1cccc(C(F)(F)F)c1)c1ccccc1. The Morgan fingerprint density at radius 3 is 2.30 bits per heavy atom. The van der Waals surface area contributed by atoms with Crippen LogP contribution in [-0.2, 0) is 6.18 Å². The molecule has 0 fully saturated rings. The van der Waals surface area contributed by atoms with Crippen LogP contribution in [0.15, 0.2) is 54.6 Å². The largest absolute Gasteiger partial charge is 0.484 e. The number of hydrogen-bond donors (Lipinski definition) is 1. The Labute approximate surface area is 115 Å². The Morgan fingerprint density at radius 2 is 1.70 bits per heavy atom. The van der Waals surface area contributed by atoms with E-state index in [1.807, 2.05) is 30.3 Å². The second-order valence-electron chi connectivity index (χ2n) is 4.28. The molecular weight excluding hydrogens is 267 g/mol. The van der Waals surface area contributed by atoms with Crippen molar-refractivity contribution in [3.8, 4) is 5.75 Å². The van der Waals surface area contributed by atoms with Crippen LogP contribution in [0.3, 0.4) is 0 Å². The number of benzene rings is 2. The highest BCUT2D eigenvalue weighted by molar-refractivity contribution is 5.31. The van der Waals surface area contributed by atoms with Crippen molar-refractivity contribution in [3.05, 3.63) is 65.7 Å². The van der Waals surface area contributed by atoms with E-state index in [0.29, 0.717) is 0 Å². The average molecular weight is 281 g/mol. The second kappa shape index (κ2) is 5.96. The lowest BCUT2D eigenvalue weighted by atomic mass is 10.1. The number of ether oxygens (including phenoxy) is 1. The van der Waals surface area contributed by atoms with E-state index in [0.717, 1.165) is 17.7 Å². The van der Waals surface area contributed by atoms with Crippen molar-refractivity contribution >= 4 is 0 Å². The predicted molar refractivity (Wildman–Crippen MR) is 70.3 cm³/mol. The second-order valence-corrected chi connectivity index (χ2v) is 4.28. The van der Waals surface area contributed by atoms with Crippen LogP contribution < -0.4 is 10.5 Å². The summed E-state index contributed by atoms with van der Waals surface area (Å²) in [6.07, 6.45) is -4.86. The Hall–Kier alpha value is -2.01. The fourth-order valence-electron chi connectivity index (χ4n) is 1.83. The van der Waals surface area contributed by atoms with Crippen molar-refractivity contribution in [1.82, 2.24) is 0 Å². The summed E-state index contributed by atoms with van der Waals surface area (Å²) in [5.74, 6) is 0.152. The van der Waals surface area contributed by atoms with Crippen LogP contribution in [0.2, 0.25) is 0 Å². The molecule has 0 saturated carbocycles. The van der Waals surface area contributed by atoms with E-state index in [1.54, 1.807) is 0 Å². The minimum absolute atomic E-state index is 0.152. The fraction of sp³-hybridized carbons (Fsp3) is 0.200. The smallest absolute Gasteiger partial charge is 0.416 e. The van der Waals surface area contributed by atoms with Gasteiger partial charge < -0.3 is 10.5 Å². The summed E-state index contributed by atoms with van der Waals surface area (Å²) in [5, 5.41) is 0. The summed E-state index contributed by atoms with van der Waals surface area (Å²) in [6, 6.07) is 13.9. The van der Waals surface area contributed by atoms with Gasteiger partial charge >= 0.3 is 6.18 Å². The summed E-state index contributed by atoms with van der Waals surface area (Å²) in [5.41, 5.74) is 5.72. The third-order valence-electron chi connectivity index (χ3n) is 2.83. The highest BCUT2D eigenvalue weighted by Gasteiger charge is 2.30.